The number of carbonyl (C=O) groups excluding carboxylic acids is 2. The topological polar surface area (TPSA) is 77.1 Å². The second-order valence-corrected chi connectivity index (χ2v) is 8.66. The molecule has 0 spiro atoms. The van der Waals surface area contributed by atoms with E-state index in [1.54, 1.807) is 31.3 Å². The lowest BCUT2D eigenvalue weighted by atomic mass is 10.0. The molecule has 2 amide bonds. The number of nitrogens with zero attached hydrogens (tertiary/aromatic N) is 1. The van der Waals surface area contributed by atoms with Gasteiger partial charge in [0.1, 0.15) is 11.8 Å². The van der Waals surface area contributed by atoms with Crippen LogP contribution in [0.2, 0.25) is 0 Å². The number of ether oxygens (including phenoxy) is 3. The van der Waals surface area contributed by atoms with E-state index < -0.39 is 6.04 Å². The monoisotopic (exact) mass is 504 g/mol. The first-order valence-corrected chi connectivity index (χ1v) is 12.6. The highest BCUT2D eigenvalue weighted by Crippen LogP contribution is 2.26. The van der Waals surface area contributed by atoms with Gasteiger partial charge in [0, 0.05) is 19.5 Å². The van der Waals surface area contributed by atoms with Gasteiger partial charge in [-0.05, 0) is 41.8 Å². The lowest BCUT2D eigenvalue weighted by Crippen LogP contribution is -2.51. The van der Waals surface area contributed by atoms with Crippen molar-refractivity contribution in [1.29, 1.82) is 0 Å². The SMILES string of the molecule is CCCCNC(=O)C(Cc1ccccc1)N(Cc1cccc(OC)c1)C(=O)COc1ccccc1OC. The lowest BCUT2D eigenvalue weighted by molar-refractivity contribution is -0.142. The zero-order valence-corrected chi connectivity index (χ0v) is 21.8. The van der Waals surface area contributed by atoms with Crippen LogP contribution in [0.25, 0.3) is 0 Å². The third kappa shape index (κ3) is 8.27. The molecule has 1 unspecified atom stereocenters. The Hall–Kier alpha value is -4.00. The van der Waals surface area contributed by atoms with E-state index in [-0.39, 0.29) is 25.0 Å². The Labute approximate surface area is 219 Å². The molecule has 1 atom stereocenters. The molecule has 0 aliphatic carbocycles. The van der Waals surface area contributed by atoms with E-state index in [2.05, 4.69) is 12.2 Å². The van der Waals surface area contributed by atoms with Crippen LogP contribution in [-0.4, -0.2) is 50.1 Å². The molecular formula is C30H36N2O5. The number of amides is 2. The molecule has 0 fully saturated rings. The summed E-state index contributed by atoms with van der Waals surface area (Å²) in [5, 5.41) is 3.02. The molecule has 0 aromatic heterocycles. The fourth-order valence-corrected chi connectivity index (χ4v) is 3.99. The predicted octanol–water partition coefficient (Wildman–Crippen LogP) is 4.64. The van der Waals surface area contributed by atoms with Crippen LogP contribution in [0, 0.1) is 0 Å². The summed E-state index contributed by atoms with van der Waals surface area (Å²) >= 11 is 0. The Kier molecular flexibility index (Phi) is 10.8. The van der Waals surface area contributed by atoms with E-state index in [1.165, 1.54) is 0 Å². The molecule has 7 nitrogen and oxygen atoms in total. The smallest absolute Gasteiger partial charge is 0.261 e. The summed E-state index contributed by atoms with van der Waals surface area (Å²) in [6, 6.07) is 23.7. The molecule has 196 valence electrons. The first kappa shape index (κ1) is 27.6. The Morgan fingerprint density at radius 1 is 0.865 bits per heavy atom. The standard InChI is InChI=1S/C30H36N2O5/c1-4-5-18-31-30(34)26(20-23-12-7-6-8-13-23)32(21-24-14-11-15-25(19-24)35-2)29(33)22-37-28-17-10-9-16-27(28)36-3/h6-17,19,26H,4-5,18,20-22H2,1-3H3,(H,31,34). The number of hydrogen-bond acceptors (Lipinski definition) is 5. The lowest BCUT2D eigenvalue weighted by Gasteiger charge is -2.31. The van der Waals surface area contributed by atoms with Crippen LogP contribution in [0.4, 0.5) is 0 Å². The molecule has 0 aliphatic heterocycles. The van der Waals surface area contributed by atoms with Gasteiger partial charge in [0.15, 0.2) is 18.1 Å². The summed E-state index contributed by atoms with van der Waals surface area (Å²) in [6.45, 7) is 2.61. The van der Waals surface area contributed by atoms with Gasteiger partial charge in [-0.15, -0.1) is 0 Å². The van der Waals surface area contributed by atoms with Crippen molar-refractivity contribution in [1.82, 2.24) is 10.2 Å². The highest BCUT2D eigenvalue weighted by molar-refractivity contribution is 5.88. The minimum atomic E-state index is -0.723. The van der Waals surface area contributed by atoms with Gasteiger partial charge in [-0.1, -0.05) is 67.9 Å². The normalized spacial score (nSPS) is 11.3. The van der Waals surface area contributed by atoms with Crippen LogP contribution < -0.4 is 19.5 Å². The van der Waals surface area contributed by atoms with Gasteiger partial charge in [-0.2, -0.15) is 0 Å². The van der Waals surface area contributed by atoms with Crippen molar-refractivity contribution in [3.8, 4) is 17.2 Å². The highest BCUT2D eigenvalue weighted by Gasteiger charge is 2.30. The first-order chi connectivity index (χ1) is 18.0. The molecule has 3 rings (SSSR count). The number of methoxy groups -OCH3 is 2. The van der Waals surface area contributed by atoms with Crippen molar-refractivity contribution >= 4 is 11.8 Å². The van der Waals surface area contributed by atoms with Gasteiger partial charge >= 0.3 is 0 Å². The van der Waals surface area contributed by atoms with Crippen molar-refractivity contribution in [2.75, 3.05) is 27.4 Å². The van der Waals surface area contributed by atoms with E-state index in [9.17, 15) is 9.59 Å². The van der Waals surface area contributed by atoms with E-state index >= 15 is 0 Å². The fourth-order valence-electron chi connectivity index (χ4n) is 3.99. The third-order valence-corrected chi connectivity index (χ3v) is 6.01. The van der Waals surface area contributed by atoms with Crippen LogP contribution in [0.3, 0.4) is 0 Å². The minimum absolute atomic E-state index is 0.189. The summed E-state index contributed by atoms with van der Waals surface area (Å²) in [7, 11) is 3.15. The molecule has 3 aromatic rings. The van der Waals surface area contributed by atoms with Crippen LogP contribution in [-0.2, 0) is 22.6 Å². The van der Waals surface area contributed by atoms with Gasteiger partial charge in [-0.25, -0.2) is 0 Å². The number of rotatable bonds is 14. The number of unbranched alkanes of at least 4 members (excludes halogenated alkanes) is 1. The summed E-state index contributed by atoms with van der Waals surface area (Å²) in [4.78, 5) is 28.8. The van der Waals surface area contributed by atoms with Crippen LogP contribution in [0.15, 0.2) is 78.9 Å². The first-order valence-electron chi connectivity index (χ1n) is 12.6. The zero-order valence-electron chi connectivity index (χ0n) is 21.8. The molecular weight excluding hydrogens is 468 g/mol. The highest BCUT2D eigenvalue weighted by atomic mass is 16.5. The number of para-hydroxylation sites is 2. The van der Waals surface area contributed by atoms with Gasteiger partial charge in [-0.3, -0.25) is 9.59 Å². The van der Waals surface area contributed by atoms with Crippen molar-refractivity contribution < 1.29 is 23.8 Å². The maximum atomic E-state index is 13.7. The quantitative estimate of drug-likeness (QED) is 0.324. The van der Waals surface area contributed by atoms with E-state index in [0.717, 1.165) is 24.0 Å². The molecule has 0 aliphatic rings. The van der Waals surface area contributed by atoms with Crippen molar-refractivity contribution in [3.63, 3.8) is 0 Å². The van der Waals surface area contributed by atoms with Gasteiger partial charge < -0.3 is 24.4 Å². The summed E-state index contributed by atoms with van der Waals surface area (Å²) in [6.07, 6.45) is 2.20. The molecule has 37 heavy (non-hydrogen) atoms. The largest absolute Gasteiger partial charge is 0.497 e. The number of nitrogens with one attached hydrogen (secondary N) is 1. The summed E-state index contributed by atoms with van der Waals surface area (Å²) < 4.78 is 16.6. The maximum Gasteiger partial charge on any atom is 0.261 e. The second kappa shape index (κ2) is 14.5. The van der Waals surface area contributed by atoms with Crippen LogP contribution >= 0.6 is 0 Å². The molecule has 0 heterocycles. The Balaban J connectivity index is 1.91. The van der Waals surface area contributed by atoms with Crippen LogP contribution in [0.1, 0.15) is 30.9 Å². The van der Waals surface area contributed by atoms with E-state index in [1.807, 2.05) is 66.7 Å². The number of hydrogen-bond donors (Lipinski definition) is 1. The summed E-state index contributed by atoms with van der Waals surface area (Å²) in [5.41, 5.74) is 1.82. The van der Waals surface area contributed by atoms with E-state index in [0.29, 0.717) is 30.2 Å². The second-order valence-electron chi connectivity index (χ2n) is 8.66. The van der Waals surface area contributed by atoms with Crippen molar-refractivity contribution in [2.45, 2.75) is 38.8 Å². The number of benzene rings is 3. The zero-order chi connectivity index (χ0) is 26.5. The molecule has 3 aromatic carbocycles. The van der Waals surface area contributed by atoms with Crippen LogP contribution in [0.5, 0.6) is 17.2 Å². The fraction of sp³-hybridized carbons (Fsp3) is 0.333. The van der Waals surface area contributed by atoms with Gasteiger partial charge in [0.05, 0.1) is 14.2 Å². The van der Waals surface area contributed by atoms with E-state index in [4.69, 9.17) is 14.2 Å². The molecule has 7 heteroatoms. The van der Waals surface area contributed by atoms with Crippen molar-refractivity contribution in [3.05, 3.63) is 90.0 Å². The van der Waals surface area contributed by atoms with Gasteiger partial charge in [0.2, 0.25) is 5.91 Å². The average Bonchev–Trinajstić information content (AvgIpc) is 2.94. The molecule has 1 N–H and O–H groups in total. The molecule has 0 radical (unpaired) electrons. The van der Waals surface area contributed by atoms with Crippen molar-refractivity contribution in [2.24, 2.45) is 0 Å². The maximum absolute atomic E-state index is 13.7. The minimum Gasteiger partial charge on any atom is -0.497 e. The summed E-state index contributed by atoms with van der Waals surface area (Å²) in [5.74, 6) is 1.19. The van der Waals surface area contributed by atoms with Gasteiger partial charge in [0.25, 0.3) is 5.91 Å². The predicted molar refractivity (Wildman–Crippen MR) is 144 cm³/mol. The third-order valence-electron chi connectivity index (χ3n) is 6.01. The molecule has 0 bridgehead atoms. The number of carbonyl (C=O) groups is 2. The Morgan fingerprint density at radius 3 is 2.27 bits per heavy atom. The molecule has 0 saturated heterocycles. The molecule has 0 saturated carbocycles. The Bertz CT molecular complexity index is 1140. The Morgan fingerprint density at radius 2 is 1.57 bits per heavy atom. The average molecular weight is 505 g/mol.